The topological polar surface area (TPSA) is 66.4 Å². The van der Waals surface area contributed by atoms with Crippen molar-refractivity contribution >= 4 is 11.9 Å². The van der Waals surface area contributed by atoms with Crippen molar-refractivity contribution in [3.05, 3.63) is 35.4 Å². The molecule has 0 saturated heterocycles. The zero-order chi connectivity index (χ0) is 14.4. The van der Waals surface area contributed by atoms with Gasteiger partial charge in [-0.1, -0.05) is 36.8 Å². The molecule has 0 aliphatic carbocycles. The van der Waals surface area contributed by atoms with E-state index in [0.717, 1.165) is 12.0 Å². The molecular formula is C15H21NO3. The Morgan fingerprint density at radius 3 is 2.32 bits per heavy atom. The van der Waals surface area contributed by atoms with Crippen LogP contribution in [0, 0.1) is 6.92 Å². The standard InChI is InChI=1S/C15H21NO3/c1-4-11(3)16-14(17)9-13(15(18)19)12-7-5-10(2)6-8-12/h5-8,11,13H,4,9H2,1-3H3,(H,16,17)(H,18,19). The quantitative estimate of drug-likeness (QED) is 0.828. The van der Waals surface area contributed by atoms with E-state index in [1.165, 1.54) is 0 Å². The fraction of sp³-hybridized carbons (Fsp3) is 0.467. The van der Waals surface area contributed by atoms with E-state index in [1.54, 1.807) is 12.1 Å². The van der Waals surface area contributed by atoms with Crippen LogP contribution in [0.4, 0.5) is 0 Å². The molecule has 2 atom stereocenters. The lowest BCUT2D eigenvalue weighted by Crippen LogP contribution is -2.34. The summed E-state index contributed by atoms with van der Waals surface area (Å²) in [7, 11) is 0. The van der Waals surface area contributed by atoms with Crippen LogP contribution in [-0.2, 0) is 9.59 Å². The molecule has 1 amide bonds. The van der Waals surface area contributed by atoms with Crippen LogP contribution in [0.5, 0.6) is 0 Å². The Labute approximate surface area is 113 Å². The summed E-state index contributed by atoms with van der Waals surface area (Å²) < 4.78 is 0. The summed E-state index contributed by atoms with van der Waals surface area (Å²) in [5.74, 6) is -1.98. The summed E-state index contributed by atoms with van der Waals surface area (Å²) in [5, 5.41) is 12.0. The van der Waals surface area contributed by atoms with E-state index in [1.807, 2.05) is 32.9 Å². The molecule has 0 spiro atoms. The first kappa shape index (κ1) is 15.2. The summed E-state index contributed by atoms with van der Waals surface area (Å²) in [5.41, 5.74) is 1.73. The van der Waals surface area contributed by atoms with E-state index in [-0.39, 0.29) is 18.4 Å². The molecule has 1 aromatic rings. The van der Waals surface area contributed by atoms with Crippen molar-refractivity contribution in [2.24, 2.45) is 0 Å². The van der Waals surface area contributed by atoms with Crippen molar-refractivity contribution in [2.75, 3.05) is 0 Å². The van der Waals surface area contributed by atoms with E-state index in [2.05, 4.69) is 5.32 Å². The van der Waals surface area contributed by atoms with Crippen molar-refractivity contribution in [2.45, 2.75) is 45.6 Å². The third-order valence-corrected chi connectivity index (χ3v) is 3.19. The first-order valence-corrected chi connectivity index (χ1v) is 6.52. The average molecular weight is 263 g/mol. The Balaban J connectivity index is 2.76. The molecule has 0 heterocycles. The Bertz CT molecular complexity index is 439. The third kappa shape index (κ3) is 4.73. The van der Waals surface area contributed by atoms with Crippen molar-refractivity contribution in [1.82, 2.24) is 5.32 Å². The van der Waals surface area contributed by atoms with Crippen LogP contribution >= 0.6 is 0 Å². The minimum Gasteiger partial charge on any atom is -0.481 e. The number of aryl methyl sites for hydroxylation is 1. The molecule has 19 heavy (non-hydrogen) atoms. The van der Waals surface area contributed by atoms with Gasteiger partial charge in [0.2, 0.25) is 5.91 Å². The number of carboxylic acid groups (broad SMARTS) is 1. The number of aliphatic carboxylic acids is 1. The number of amides is 1. The second kappa shape index (κ2) is 6.92. The van der Waals surface area contributed by atoms with E-state index in [0.29, 0.717) is 5.56 Å². The minimum absolute atomic E-state index is 0.0251. The predicted octanol–water partition coefficient (Wildman–Crippen LogP) is 2.47. The molecule has 0 bridgehead atoms. The maximum atomic E-state index is 11.8. The van der Waals surface area contributed by atoms with Gasteiger partial charge in [-0.2, -0.15) is 0 Å². The van der Waals surface area contributed by atoms with Crippen LogP contribution in [0.2, 0.25) is 0 Å². The van der Waals surface area contributed by atoms with Gasteiger partial charge >= 0.3 is 5.97 Å². The van der Waals surface area contributed by atoms with E-state index in [4.69, 9.17) is 0 Å². The number of nitrogens with one attached hydrogen (secondary N) is 1. The number of carbonyl (C=O) groups is 2. The van der Waals surface area contributed by atoms with Crippen molar-refractivity contribution in [3.63, 3.8) is 0 Å². The molecule has 0 saturated carbocycles. The van der Waals surface area contributed by atoms with Gasteiger partial charge in [0.25, 0.3) is 0 Å². The molecule has 1 rings (SSSR count). The molecule has 4 heteroatoms. The maximum absolute atomic E-state index is 11.8. The summed E-state index contributed by atoms with van der Waals surface area (Å²) in [6.07, 6.45) is 0.802. The number of rotatable bonds is 6. The number of hydrogen-bond donors (Lipinski definition) is 2. The number of benzene rings is 1. The first-order valence-electron chi connectivity index (χ1n) is 6.52. The van der Waals surface area contributed by atoms with Crippen LogP contribution in [0.1, 0.15) is 43.7 Å². The maximum Gasteiger partial charge on any atom is 0.311 e. The summed E-state index contributed by atoms with van der Waals surface area (Å²) in [4.78, 5) is 23.1. The highest BCUT2D eigenvalue weighted by molar-refractivity contribution is 5.85. The van der Waals surface area contributed by atoms with E-state index >= 15 is 0 Å². The van der Waals surface area contributed by atoms with Gasteiger partial charge in [-0.15, -0.1) is 0 Å². The lowest BCUT2D eigenvalue weighted by Gasteiger charge is -2.15. The molecule has 0 fully saturated rings. The van der Waals surface area contributed by atoms with Gasteiger partial charge in [0.15, 0.2) is 0 Å². The predicted molar refractivity (Wildman–Crippen MR) is 74.1 cm³/mol. The van der Waals surface area contributed by atoms with Gasteiger partial charge in [-0.05, 0) is 25.8 Å². The van der Waals surface area contributed by atoms with Gasteiger partial charge in [0, 0.05) is 12.5 Å². The zero-order valence-corrected chi connectivity index (χ0v) is 11.6. The van der Waals surface area contributed by atoms with Gasteiger partial charge in [0.05, 0.1) is 5.92 Å². The van der Waals surface area contributed by atoms with E-state index < -0.39 is 11.9 Å². The number of hydrogen-bond acceptors (Lipinski definition) is 2. The highest BCUT2D eigenvalue weighted by Crippen LogP contribution is 2.20. The molecular weight excluding hydrogens is 242 g/mol. The SMILES string of the molecule is CCC(C)NC(=O)CC(C(=O)O)c1ccc(C)cc1. The monoisotopic (exact) mass is 263 g/mol. The highest BCUT2D eigenvalue weighted by atomic mass is 16.4. The molecule has 4 nitrogen and oxygen atoms in total. The van der Waals surface area contributed by atoms with Crippen LogP contribution in [0.25, 0.3) is 0 Å². The molecule has 0 radical (unpaired) electrons. The summed E-state index contributed by atoms with van der Waals surface area (Å²) in [6, 6.07) is 7.32. The third-order valence-electron chi connectivity index (χ3n) is 3.19. The molecule has 0 aromatic heterocycles. The molecule has 2 N–H and O–H groups in total. The lowest BCUT2D eigenvalue weighted by molar-refractivity contribution is -0.140. The fourth-order valence-electron chi connectivity index (χ4n) is 1.77. The Morgan fingerprint density at radius 2 is 1.84 bits per heavy atom. The van der Waals surface area contributed by atoms with Crippen LogP contribution in [-0.4, -0.2) is 23.0 Å². The van der Waals surface area contributed by atoms with Crippen LogP contribution in [0.15, 0.2) is 24.3 Å². The molecule has 0 aliphatic rings. The Morgan fingerprint density at radius 1 is 1.26 bits per heavy atom. The van der Waals surface area contributed by atoms with Crippen molar-refractivity contribution in [3.8, 4) is 0 Å². The molecule has 0 aliphatic heterocycles. The number of carboxylic acids is 1. The van der Waals surface area contributed by atoms with Gasteiger partial charge in [-0.3, -0.25) is 9.59 Å². The molecule has 2 unspecified atom stereocenters. The summed E-state index contributed by atoms with van der Waals surface area (Å²) >= 11 is 0. The largest absolute Gasteiger partial charge is 0.481 e. The highest BCUT2D eigenvalue weighted by Gasteiger charge is 2.23. The van der Waals surface area contributed by atoms with Crippen LogP contribution in [0.3, 0.4) is 0 Å². The fourth-order valence-corrected chi connectivity index (χ4v) is 1.77. The second-order valence-electron chi connectivity index (χ2n) is 4.88. The van der Waals surface area contributed by atoms with Crippen molar-refractivity contribution < 1.29 is 14.7 Å². The van der Waals surface area contributed by atoms with Gasteiger partial charge < -0.3 is 10.4 Å². The lowest BCUT2D eigenvalue weighted by atomic mass is 9.94. The Hall–Kier alpha value is -1.84. The smallest absolute Gasteiger partial charge is 0.311 e. The van der Waals surface area contributed by atoms with E-state index in [9.17, 15) is 14.7 Å². The van der Waals surface area contributed by atoms with Crippen LogP contribution < -0.4 is 5.32 Å². The van der Waals surface area contributed by atoms with Gasteiger partial charge in [-0.25, -0.2) is 0 Å². The minimum atomic E-state index is -0.969. The summed E-state index contributed by atoms with van der Waals surface area (Å²) in [6.45, 7) is 5.81. The molecule has 1 aromatic carbocycles. The second-order valence-corrected chi connectivity index (χ2v) is 4.88. The molecule has 104 valence electrons. The van der Waals surface area contributed by atoms with Crippen molar-refractivity contribution in [1.29, 1.82) is 0 Å². The average Bonchev–Trinajstić information content (AvgIpc) is 2.36. The zero-order valence-electron chi connectivity index (χ0n) is 11.6. The first-order chi connectivity index (χ1) is 8.93. The Kier molecular flexibility index (Phi) is 5.55. The normalized spacial score (nSPS) is 13.6. The number of carbonyl (C=O) groups excluding carboxylic acids is 1. The van der Waals surface area contributed by atoms with Gasteiger partial charge in [0.1, 0.15) is 0 Å².